The van der Waals surface area contributed by atoms with Crippen molar-refractivity contribution in [2.24, 2.45) is 0 Å². The molecule has 1 aliphatic rings. The Kier molecular flexibility index (Phi) is 6.63. The smallest absolute Gasteiger partial charge is 0.322 e. The van der Waals surface area contributed by atoms with Gasteiger partial charge >= 0.3 is 6.03 Å². The second kappa shape index (κ2) is 10.1. The predicted octanol–water partition coefficient (Wildman–Crippen LogP) is 5.94. The first-order valence-corrected chi connectivity index (χ1v) is 12.4. The number of thiophene rings is 1. The number of carbonyl (C=O) groups is 1. The fraction of sp³-hybridized carbons (Fsp3) is 0.222. The molecule has 0 radical (unpaired) electrons. The van der Waals surface area contributed by atoms with Crippen LogP contribution in [0.1, 0.15) is 36.4 Å². The largest absolute Gasteiger partial charge is 0.497 e. The molecule has 3 heterocycles. The minimum atomic E-state index is -0.445. The third kappa shape index (κ3) is 4.83. The summed E-state index contributed by atoms with van der Waals surface area (Å²) < 4.78 is 11.2. The molecule has 8 heteroatoms. The van der Waals surface area contributed by atoms with Crippen molar-refractivity contribution in [2.75, 3.05) is 13.7 Å². The summed E-state index contributed by atoms with van der Waals surface area (Å²) in [4.78, 5) is 20.6. The summed E-state index contributed by atoms with van der Waals surface area (Å²) >= 11 is 1.55. The Hall–Kier alpha value is -3.91. The molecule has 0 saturated carbocycles. The lowest BCUT2D eigenvalue weighted by molar-refractivity contribution is 0.204. The summed E-state index contributed by atoms with van der Waals surface area (Å²) in [7, 11) is 1.63. The molecule has 2 aromatic heterocycles. The number of rotatable bonds is 8. The van der Waals surface area contributed by atoms with E-state index in [2.05, 4.69) is 22.6 Å². The van der Waals surface area contributed by atoms with Crippen molar-refractivity contribution >= 4 is 22.9 Å². The van der Waals surface area contributed by atoms with Crippen LogP contribution in [0.2, 0.25) is 0 Å². The van der Waals surface area contributed by atoms with E-state index >= 15 is 0 Å². The zero-order valence-electron chi connectivity index (χ0n) is 19.6. The number of carbonyl (C=O) groups excluding carboxylic acids is 1. The number of methoxy groups -OCH3 is 1. The van der Waals surface area contributed by atoms with Gasteiger partial charge in [0, 0.05) is 12.2 Å². The summed E-state index contributed by atoms with van der Waals surface area (Å²) in [6, 6.07) is 21.3. The van der Waals surface area contributed by atoms with Crippen LogP contribution in [0.5, 0.6) is 5.75 Å². The molecule has 1 atom stereocenters. The number of nitrogens with zero attached hydrogens (tertiary/aromatic N) is 3. The van der Waals surface area contributed by atoms with Crippen LogP contribution >= 0.6 is 11.3 Å². The van der Waals surface area contributed by atoms with Crippen LogP contribution in [0.3, 0.4) is 0 Å². The Morgan fingerprint density at radius 3 is 2.74 bits per heavy atom. The number of allylic oxidation sites excluding steroid dienone is 1. The lowest BCUT2D eigenvalue weighted by atomic mass is 9.94. The van der Waals surface area contributed by atoms with Gasteiger partial charge in [-0.25, -0.2) is 4.79 Å². The van der Waals surface area contributed by atoms with Crippen molar-refractivity contribution in [1.82, 2.24) is 20.4 Å². The summed E-state index contributed by atoms with van der Waals surface area (Å²) in [5, 5.41) is 9.34. The second-order valence-electron chi connectivity index (χ2n) is 8.30. The Balaban J connectivity index is 1.50. The second-order valence-corrected chi connectivity index (χ2v) is 9.25. The Labute approximate surface area is 208 Å². The SMILES string of the molecule is COc1cccc(C2NC(=O)N(CCCc3ccccc3)C(C)=C2c2nc(-c3cccs3)no2)c1. The summed E-state index contributed by atoms with van der Waals surface area (Å²) in [6.45, 7) is 2.52. The first-order chi connectivity index (χ1) is 17.1. The molecule has 7 nitrogen and oxygen atoms in total. The summed E-state index contributed by atoms with van der Waals surface area (Å²) in [6.07, 6.45) is 1.71. The number of urea groups is 1. The van der Waals surface area contributed by atoms with Gasteiger partial charge in [-0.3, -0.25) is 4.90 Å². The van der Waals surface area contributed by atoms with E-state index in [4.69, 9.17) is 14.2 Å². The van der Waals surface area contributed by atoms with Crippen molar-refractivity contribution < 1.29 is 14.1 Å². The van der Waals surface area contributed by atoms with E-state index < -0.39 is 6.04 Å². The lowest BCUT2D eigenvalue weighted by Crippen LogP contribution is -2.46. The van der Waals surface area contributed by atoms with Gasteiger partial charge in [-0.05, 0) is 54.5 Å². The highest BCUT2D eigenvalue weighted by molar-refractivity contribution is 7.13. The van der Waals surface area contributed by atoms with Crippen LogP contribution in [0.4, 0.5) is 4.79 Å². The molecular formula is C27H26N4O3S. The van der Waals surface area contributed by atoms with Crippen molar-refractivity contribution in [1.29, 1.82) is 0 Å². The average molecular weight is 487 g/mol. The number of benzene rings is 2. The molecule has 0 bridgehead atoms. The van der Waals surface area contributed by atoms with E-state index in [-0.39, 0.29) is 6.03 Å². The van der Waals surface area contributed by atoms with E-state index in [9.17, 15) is 4.79 Å². The van der Waals surface area contributed by atoms with Crippen LogP contribution in [-0.4, -0.2) is 34.7 Å². The van der Waals surface area contributed by atoms with Gasteiger partial charge in [0.05, 0.1) is 23.6 Å². The minimum Gasteiger partial charge on any atom is -0.497 e. The normalized spacial score (nSPS) is 15.9. The third-order valence-corrected chi connectivity index (χ3v) is 6.98. The van der Waals surface area contributed by atoms with E-state index in [1.807, 2.05) is 66.9 Å². The van der Waals surface area contributed by atoms with Crippen LogP contribution < -0.4 is 10.1 Å². The zero-order chi connectivity index (χ0) is 24.2. The number of hydrogen-bond acceptors (Lipinski definition) is 6. The molecule has 178 valence electrons. The van der Waals surface area contributed by atoms with Crippen molar-refractivity contribution in [3.05, 3.63) is 94.8 Å². The topological polar surface area (TPSA) is 80.5 Å². The molecule has 0 spiro atoms. The molecule has 1 N–H and O–H groups in total. The number of hydrogen-bond donors (Lipinski definition) is 1. The predicted molar refractivity (Wildman–Crippen MR) is 136 cm³/mol. The van der Waals surface area contributed by atoms with E-state index in [0.717, 1.165) is 34.6 Å². The quantitative estimate of drug-likeness (QED) is 0.334. The van der Waals surface area contributed by atoms with E-state index in [1.165, 1.54) is 5.56 Å². The highest BCUT2D eigenvalue weighted by Crippen LogP contribution is 2.38. The third-order valence-electron chi connectivity index (χ3n) is 6.11. The summed E-state index contributed by atoms with van der Waals surface area (Å²) in [5.74, 6) is 1.64. The Bertz CT molecular complexity index is 1330. The monoisotopic (exact) mass is 486 g/mol. The molecule has 2 aromatic carbocycles. The number of aryl methyl sites for hydroxylation is 1. The molecular weight excluding hydrogens is 460 g/mol. The highest BCUT2D eigenvalue weighted by atomic mass is 32.1. The van der Waals surface area contributed by atoms with Gasteiger partial charge in [-0.2, -0.15) is 4.98 Å². The van der Waals surface area contributed by atoms with Gasteiger partial charge in [0.25, 0.3) is 5.89 Å². The molecule has 1 aliphatic heterocycles. The van der Waals surface area contributed by atoms with Crippen LogP contribution in [0.25, 0.3) is 16.3 Å². The number of aromatic nitrogens is 2. The van der Waals surface area contributed by atoms with Crippen molar-refractivity contribution in [3.8, 4) is 16.5 Å². The van der Waals surface area contributed by atoms with Gasteiger partial charge in [0.1, 0.15) is 5.75 Å². The van der Waals surface area contributed by atoms with Gasteiger partial charge in [-0.1, -0.05) is 53.7 Å². The fourth-order valence-corrected chi connectivity index (χ4v) is 4.97. The molecule has 2 amide bonds. The van der Waals surface area contributed by atoms with E-state index in [0.29, 0.717) is 24.0 Å². The first-order valence-electron chi connectivity index (χ1n) is 11.5. The molecule has 0 saturated heterocycles. The van der Waals surface area contributed by atoms with Crippen LogP contribution in [0, 0.1) is 0 Å². The van der Waals surface area contributed by atoms with Gasteiger partial charge in [-0.15, -0.1) is 11.3 Å². The molecule has 5 rings (SSSR count). The minimum absolute atomic E-state index is 0.148. The Morgan fingerprint density at radius 1 is 1.11 bits per heavy atom. The number of nitrogens with one attached hydrogen (secondary N) is 1. The fourth-order valence-electron chi connectivity index (χ4n) is 4.32. The number of amides is 2. The molecule has 35 heavy (non-hydrogen) atoms. The Morgan fingerprint density at radius 2 is 1.97 bits per heavy atom. The van der Waals surface area contributed by atoms with Crippen LogP contribution in [-0.2, 0) is 6.42 Å². The zero-order valence-corrected chi connectivity index (χ0v) is 20.4. The summed E-state index contributed by atoms with van der Waals surface area (Å²) in [5.41, 5.74) is 3.72. The highest BCUT2D eigenvalue weighted by Gasteiger charge is 2.35. The van der Waals surface area contributed by atoms with Gasteiger partial charge < -0.3 is 14.6 Å². The van der Waals surface area contributed by atoms with Gasteiger partial charge in [0.15, 0.2) is 0 Å². The maximum absolute atomic E-state index is 13.2. The molecule has 0 fully saturated rings. The maximum Gasteiger partial charge on any atom is 0.322 e. The van der Waals surface area contributed by atoms with E-state index in [1.54, 1.807) is 23.3 Å². The standard InChI is InChI=1S/C27H26N4O3S/c1-18-23(26-29-25(30-34-26)22-14-8-16-35-22)24(20-12-6-13-21(17-20)33-2)28-27(32)31(18)15-7-11-19-9-4-3-5-10-19/h3-6,8-10,12-14,16-17,24H,7,11,15H2,1-2H3,(H,28,32). The number of ether oxygens (including phenoxy) is 1. The molecule has 4 aromatic rings. The average Bonchev–Trinajstić information content (AvgIpc) is 3.59. The van der Waals surface area contributed by atoms with Crippen molar-refractivity contribution in [2.45, 2.75) is 25.8 Å². The van der Waals surface area contributed by atoms with Crippen LogP contribution in [0.15, 0.2) is 82.3 Å². The van der Waals surface area contributed by atoms with Crippen molar-refractivity contribution in [3.63, 3.8) is 0 Å². The molecule has 0 aliphatic carbocycles. The van der Waals surface area contributed by atoms with Gasteiger partial charge in [0.2, 0.25) is 5.82 Å². The first kappa shape index (κ1) is 22.9. The maximum atomic E-state index is 13.2. The molecule has 1 unspecified atom stereocenters. The lowest BCUT2D eigenvalue weighted by Gasteiger charge is -2.35.